The average molecular weight is 293 g/mol. The maximum Gasteiger partial charge on any atom is 0.332 e. The SMILES string of the molecule is O=C(CO)N[C@@H]1CC[C@H](C(=O)O)O[C@H]1[C@H](O)[C@H](O)CO. The maximum absolute atomic E-state index is 11.2. The monoisotopic (exact) mass is 293 g/mol. The van der Waals surface area contributed by atoms with Gasteiger partial charge in [-0.15, -0.1) is 0 Å². The van der Waals surface area contributed by atoms with Gasteiger partial charge >= 0.3 is 5.97 Å². The minimum Gasteiger partial charge on any atom is -0.479 e. The summed E-state index contributed by atoms with van der Waals surface area (Å²) in [5.41, 5.74) is 0. The largest absolute Gasteiger partial charge is 0.479 e. The van der Waals surface area contributed by atoms with Crippen molar-refractivity contribution in [2.24, 2.45) is 0 Å². The standard InChI is InChI=1S/C11H19NO8/c13-3-6(15)9(17)10-5(12-8(16)4-14)1-2-7(20-10)11(18)19/h5-7,9-10,13-15,17H,1-4H2,(H,12,16)(H,18,19)/t5-,6-,7-,9-,10-/m1/s1. The van der Waals surface area contributed by atoms with Crippen LogP contribution in [0.5, 0.6) is 0 Å². The lowest BCUT2D eigenvalue weighted by Crippen LogP contribution is -2.58. The molecule has 1 rings (SSSR count). The number of rotatable bonds is 6. The highest BCUT2D eigenvalue weighted by Gasteiger charge is 2.41. The van der Waals surface area contributed by atoms with Gasteiger partial charge in [0.15, 0.2) is 6.10 Å². The number of hydrogen-bond donors (Lipinski definition) is 6. The molecular weight excluding hydrogens is 274 g/mol. The van der Waals surface area contributed by atoms with Gasteiger partial charge in [-0.25, -0.2) is 4.79 Å². The molecule has 9 nitrogen and oxygen atoms in total. The Hall–Kier alpha value is -1.26. The van der Waals surface area contributed by atoms with Crippen LogP contribution in [-0.4, -0.2) is 81.1 Å². The molecule has 0 radical (unpaired) electrons. The van der Waals surface area contributed by atoms with Gasteiger partial charge in [-0.1, -0.05) is 0 Å². The third-order valence-corrected chi connectivity index (χ3v) is 3.14. The highest BCUT2D eigenvalue weighted by Crippen LogP contribution is 2.23. The lowest BCUT2D eigenvalue weighted by atomic mass is 9.92. The molecule has 116 valence electrons. The van der Waals surface area contributed by atoms with E-state index in [1.165, 1.54) is 0 Å². The molecular formula is C11H19NO8. The summed E-state index contributed by atoms with van der Waals surface area (Å²) >= 11 is 0. The quantitative estimate of drug-likeness (QED) is 0.299. The van der Waals surface area contributed by atoms with E-state index in [1.54, 1.807) is 0 Å². The van der Waals surface area contributed by atoms with E-state index < -0.39 is 55.5 Å². The fraction of sp³-hybridized carbons (Fsp3) is 0.818. The number of ether oxygens (including phenoxy) is 1. The Labute approximate surface area is 114 Å². The van der Waals surface area contributed by atoms with Crippen LogP contribution in [0.3, 0.4) is 0 Å². The first-order valence-corrected chi connectivity index (χ1v) is 6.16. The summed E-state index contributed by atoms with van der Waals surface area (Å²) in [6.07, 6.45) is -5.13. The molecule has 1 aliphatic rings. The van der Waals surface area contributed by atoms with Gasteiger partial charge < -0.3 is 35.6 Å². The van der Waals surface area contributed by atoms with E-state index in [-0.39, 0.29) is 12.8 Å². The molecule has 0 unspecified atom stereocenters. The van der Waals surface area contributed by atoms with Crippen LogP contribution in [-0.2, 0) is 14.3 Å². The molecule has 9 heteroatoms. The van der Waals surface area contributed by atoms with Gasteiger partial charge in [-0.3, -0.25) is 4.79 Å². The fourth-order valence-corrected chi connectivity index (χ4v) is 2.08. The van der Waals surface area contributed by atoms with Gasteiger partial charge in [0, 0.05) is 0 Å². The number of nitrogens with one attached hydrogen (secondary N) is 1. The van der Waals surface area contributed by atoms with Crippen LogP contribution in [0.25, 0.3) is 0 Å². The normalized spacial score (nSPS) is 29.5. The lowest BCUT2D eigenvalue weighted by molar-refractivity contribution is -0.181. The summed E-state index contributed by atoms with van der Waals surface area (Å²) in [5, 5.41) is 48.1. The van der Waals surface area contributed by atoms with Gasteiger partial charge in [-0.2, -0.15) is 0 Å². The Balaban J connectivity index is 2.81. The van der Waals surface area contributed by atoms with E-state index in [4.69, 9.17) is 20.1 Å². The summed E-state index contributed by atoms with van der Waals surface area (Å²) in [6.45, 7) is -1.50. The number of carboxylic acids is 1. The molecule has 0 saturated carbocycles. The van der Waals surface area contributed by atoms with Crippen molar-refractivity contribution < 1.29 is 39.9 Å². The first kappa shape index (κ1) is 16.8. The van der Waals surface area contributed by atoms with Crippen molar-refractivity contribution in [2.75, 3.05) is 13.2 Å². The first-order valence-electron chi connectivity index (χ1n) is 6.16. The van der Waals surface area contributed by atoms with Crippen LogP contribution in [0.4, 0.5) is 0 Å². The molecule has 1 heterocycles. The summed E-state index contributed by atoms with van der Waals surface area (Å²) in [6, 6.07) is -0.763. The summed E-state index contributed by atoms with van der Waals surface area (Å²) < 4.78 is 5.17. The molecule has 1 fully saturated rings. The lowest BCUT2D eigenvalue weighted by Gasteiger charge is -2.38. The first-order chi connectivity index (χ1) is 9.40. The molecule has 0 aromatic heterocycles. The smallest absolute Gasteiger partial charge is 0.332 e. The van der Waals surface area contributed by atoms with Crippen LogP contribution in [0, 0.1) is 0 Å². The van der Waals surface area contributed by atoms with Crippen molar-refractivity contribution in [3.05, 3.63) is 0 Å². The van der Waals surface area contributed by atoms with E-state index in [9.17, 15) is 19.8 Å². The third-order valence-electron chi connectivity index (χ3n) is 3.14. The van der Waals surface area contributed by atoms with E-state index >= 15 is 0 Å². The zero-order chi connectivity index (χ0) is 15.3. The Bertz CT molecular complexity index is 349. The minimum absolute atomic E-state index is 0.115. The van der Waals surface area contributed by atoms with E-state index in [0.717, 1.165) is 0 Å². The maximum atomic E-state index is 11.2. The molecule has 1 aliphatic heterocycles. The minimum atomic E-state index is -1.56. The van der Waals surface area contributed by atoms with Crippen LogP contribution >= 0.6 is 0 Å². The highest BCUT2D eigenvalue weighted by molar-refractivity contribution is 5.77. The molecule has 0 aliphatic carbocycles. The molecule has 5 atom stereocenters. The number of carbonyl (C=O) groups excluding carboxylic acids is 1. The number of amides is 1. The Morgan fingerprint density at radius 2 is 1.90 bits per heavy atom. The van der Waals surface area contributed by atoms with Crippen molar-refractivity contribution in [3.63, 3.8) is 0 Å². The molecule has 6 N–H and O–H groups in total. The number of carbonyl (C=O) groups is 2. The molecule has 0 spiro atoms. The topological polar surface area (TPSA) is 157 Å². The Kier molecular flexibility index (Phi) is 6.30. The Morgan fingerprint density at radius 3 is 2.40 bits per heavy atom. The van der Waals surface area contributed by atoms with E-state index in [1.807, 2.05) is 0 Å². The summed E-state index contributed by atoms with van der Waals surface area (Å²) in [4.78, 5) is 22.1. The zero-order valence-electron chi connectivity index (χ0n) is 10.7. The number of hydrogen-bond acceptors (Lipinski definition) is 7. The molecule has 0 aromatic carbocycles. The second-order valence-corrected chi connectivity index (χ2v) is 4.58. The second-order valence-electron chi connectivity index (χ2n) is 4.58. The third kappa shape index (κ3) is 4.12. The van der Waals surface area contributed by atoms with E-state index in [0.29, 0.717) is 0 Å². The van der Waals surface area contributed by atoms with Gasteiger partial charge in [0.2, 0.25) is 5.91 Å². The molecule has 20 heavy (non-hydrogen) atoms. The average Bonchev–Trinajstić information content (AvgIpc) is 2.45. The summed E-state index contributed by atoms with van der Waals surface area (Å²) in [5.74, 6) is -1.92. The van der Waals surface area contributed by atoms with Crippen LogP contribution in [0.15, 0.2) is 0 Å². The van der Waals surface area contributed by atoms with Crippen molar-refractivity contribution in [1.29, 1.82) is 0 Å². The number of carboxylic acid groups (broad SMARTS) is 1. The second kappa shape index (κ2) is 7.50. The van der Waals surface area contributed by atoms with Crippen LogP contribution in [0.1, 0.15) is 12.8 Å². The molecule has 0 aromatic rings. The Morgan fingerprint density at radius 1 is 1.25 bits per heavy atom. The summed E-state index contributed by atoms with van der Waals surface area (Å²) in [7, 11) is 0. The molecule has 0 bridgehead atoms. The molecule has 1 amide bonds. The number of aliphatic hydroxyl groups is 4. The van der Waals surface area contributed by atoms with Crippen molar-refractivity contribution in [3.8, 4) is 0 Å². The van der Waals surface area contributed by atoms with E-state index in [2.05, 4.69) is 5.32 Å². The number of aliphatic hydroxyl groups excluding tert-OH is 4. The fourth-order valence-electron chi connectivity index (χ4n) is 2.08. The number of aliphatic carboxylic acids is 1. The highest BCUT2D eigenvalue weighted by atomic mass is 16.5. The van der Waals surface area contributed by atoms with Crippen LogP contribution in [0.2, 0.25) is 0 Å². The zero-order valence-corrected chi connectivity index (χ0v) is 10.7. The van der Waals surface area contributed by atoms with Crippen molar-refractivity contribution in [2.45, 2.75) is 43.3 Å². The predicted molar refractivity (Wildman–Crippen MR) is 63.6 cm³/mol. The van der Waals surface area contributed by atoms with Gasteiger partial charge in [0.25, 0.3) is 0 Å². The van der Waals surface area contributed by atoms with Crippen LogP contribution < -0.4 is 5.32 Å². The van der Waals surface area contributed by atoms with Crippen molar-refractivity contribution >= 4 is 11.9 Å². The molecule has 1 saturated heterocycles. The predicted octanol–water partition coefficient (Wildman–Crippen LogP) is -3.19. The van der Waals surface area contributed by atoms with Gasteiger partial charge in [0.05, 0.1) is 12.6 Å². The van der Waals surface area contributed by atoms with Gasteiger partial charge in [-0.05, 0) is 12.8 Å². The van der Waals surface area contributed by atoms with Crippen molar-refractivity contribution in [1.82, 2.24) is 5.32 Å². The van der Waals surface area contributed by atoms with Gasteiger partial charge in [0.1, 0.15) is 24.9 Å².